The molecule has 2 N–H and O–H groups in total. The van der Waals surface area contributed by atoms with Crippen molar-refractivity contribution in [2.24, 2.45) is 5.41 Å². The zero-order valence-corrected chi connectivity index (χ0v) is 13.5. The van der Waals surface area contributed by atoms with Crippen LogP contribution in [0.1, 0.15) is 13.3 Å². The predicted octanol–water partition coefficient (Wildman–Crippen LogP) is 3.14. The topological polar surface area (TPSA) is 82.5 Å². The maximum absolute atomic E-state index is 12.3. The number of carbonyl (C=O) groups is 2. The molecule has 3 rings (SSSR count). The average molecular weight is 331 g/mol. The Morgan fingerprint density at radius 1 is 1.43 bits per heavy atom. The second-order valence-corrected chi connectivity index (χ2v) is 6.78. The molecule has 2 amide bonds. The van der Waals surface area contributed by atoms with Crippen LogP contribution in [0, 0.1) is 5.41 Å². The van der Waals surface area contributed by atoms with Crippen molar-refractivity contribution >= 4 is 29.0 Å². The fourth-order valence-electron chi connectivity index (χ4n) is 2.61. The van der Waals surface area contributed by atoms with Crippen molar-refractivity contribution in [2.45, 2.75) is 13.3 Å². The van der Waals surface area contributed by atoms with Crippen LogP contribution in [0.5, 0.6) is 0 Å². The van der Waals surface area contributed by atoms with E-state index >= 15 is 0 Å². The van der Waals surface area contributed by atoms with Gasteiger partial charge in [0.15, 0.2) is 0 Å². The van der Waals surface area contributed by atoms with Gasteiger partial charge in [0.05, 0.1) is 5.41 Å². The molecule has 0 spiro atoms. The quantitative estimate of drug-likeness (QED) is 0.905. The summed E-state index contributed by atoms with van der Waals surface area (Å²) in [7, 11) is 0. The lowest BCUT2D eigenvalue weighted by Crippen LogP contribution is -2.37. The summed E-state index contributed by atoms with van der Waals surface area (Å²) in [5.41, 5.74) is 0.751. The summed E-state index contributed by atoms with van der Waals surface area (Å²) in [4.78, 5) is 29.4. The van der Waals surface area contributed by atoms with Gasteiger partial charge >= 0.3 is 12.0 Å². The molecule has 1 aliphatic heterocycles. The highest BCUT2D eigenvalue weighted by Crippen LogP contribution is 2.31. The number of hydrogen-bond acceptors (Lipinski definition) is 4. The molecular formula is C16H17N3O3S. The van der Waals surface area contributed by atoms with Gasteiger partial charge in [-0.3, -0.25) is 4.79 Å². The van der Waals surface area contributed by atoms with Crippen molar-refractivity contribution < 1.29 is 14.7 Å². The van der Waals surface area contributed by atoms with E-state index in [1.807, 2.05) is 29.6 Å². The first-order chi connectivity index (χ1) is 11.0. The number of aromatic nitrogens is 1. The molecule has 23 heavy (non-hydrogen) atoms. The summed E-state index contributed by atoms with van der Waals surface area (Å²) < 4.78 is 0. The number of benzene rings is 1. The number of anilines is 1. The standard InChI is InChI=1S/C16H17N3O3S/c1-16(14(20)21)5-7-19(10-16)15(22)18-12-4-2-3-11(9-12)13-17-6-8-23-13/h2-4,6,8-9H,5,7,10H2,1H3,(H,18,22)(H,20,21). The van der Waals surface area contributed by atoms with Gasteiger partial charge in [0.1, 0.15) is 5.01 Å². The molecule has 1 unspecified atom stereocenters. The van der Waals surface area contributed by atoms with Gasteiger partial charge < -0.3 is 15.3 Å². The largest absolute Gasteiger partial charge is 0.481 e. The molecule has 7 heteroatoms. The third kappa shape index (κ3) is 3.19. The Hall–Kier alpha value is -2.41. The minimum atomic E-state index is -0.862. The monoisotopic (exact) mass is 331 g/mol. The first kappa shape index (κ1) is 15.5. The Morgan fingerprint density at radius 3 is 2.91 bits per heavy atom. The number of rotatable bonds is 3. The molecule has 1 fully saturated rings. The number of thiazole rings is 1. The number of likely N-dealkylation sites (tertiary alicyclic amines) is 1. The Balaban J connectivity index is 1.69. The Morgan fingerprint density at radius 2 is 2.26 bits per heavy atom. The lowest BCUT2D eigenvalue weighted by atomic mass is 9.90. The van der Waals surface area contributed by atoms with Crippen molar-refractivity contribution in [3.8, 4) is 10.6 Å². The predicted molar refractivity (Wildman–Crippen MR) is 88.5 cm³/mol. The van der Waals surface area contributed by atoms with E-state index in [0.717, 1.165) is 10.6 Å². The van der Waals surface area contributed by atoms with Crippen LogP contribution in [0.25, 0.3) is 10.6 Å². The summed E-state index contributed by atoms with van der Waals surface area (Å²) in [6.45, 7) is 2.34. The van der Waals surface area contributed by atoms with Crippen molar-refractivity contribution in [3.05, 3.63) is 35.8 Å². The Bertz CT molecular complexity index is 732. The summed E-state index contributed by atoms with van der Waals surface area (Å²) >= 11 is 1.53. The fourth-order valence-corrected chi connectivity index (χ4v) is 3.24. The van der Waals surface area contributed by atoms with Crippen molar-refractivity contribution in [3.63, 3.8) is 0 Å². The van der Waals surface area contributed by atoms with E-state index in [4.69, 9.17) is 0 Å². The number of carboxylic acids is 1. The molecular weight excluding hydrogens is 314 g/mol. The average Bonchev–Trinajstić information content (AvgIpc) is 3.17. The van der Waals surface area contributed by atoms with E-state index in [1.54, 1.807) is 18.0 Å². The molecule has 1 aliphatic rings. The molecule has 1 aromatic heterocycles. The minimum absolute atomic E-state index is 0.223. The fraction of sp³-hybridized carbons (Fsp3) is 0.312. The number of carboxylic acid groups (broad SMARTS) is 1. The molecule has 2 heterocycles. The maximum atomic E-state index is 12.3. The summed E-state index contributed by atoms with van der Waals surface area (Å²) in [6, 6.07) is 7.19. The lowest BCUT2D eigenvalue weighted by molar-refractivity contribution is -0.146. The van der Waals surface area contributed by atoms with Gasteiger partial charge in [0.25, 0.3) is 0 Å². The number of amides is 2. The number of nitrogens with zero attached hydrogens (tertiary/aromatic N) is 2. The smallest absolute Gasteiger partial charge is 0.321 e. The van der Waals surface area contributed by atoms with Gasteiger partial charge in [-0.05, 0) is 25.5 Å². The van der Waals surface area contributed by atoms with Crippen molar-refractivity contribution in [1.82, 2.24) is 9.88 Å². The zero-order valence-electron chi connectivity index (χ0n) is 12.7. The number of carbonyl (C=O) groups excluding carboxylic acids is 1. The van der Waals surface area contributed by atoms with Crippen molar-refractivity contribution in [1.29, 1.82) is 0 Å². The molecule has 0 radical (unpaired) electrons. The normalized spacial score (nSPS) is 20.5. The van der Waals surface area contributed by atoms with E-state index in [2.05, 4.69) is 10.3 Å². The molecule has 1 atom stereocenters. The minimum Gasteiger partial charge on any atom is -0.481 e. The molecule has 2 aromatic rings. The van der Waals surface area contributed by atoms with Crippen LogP contribution in [0.4, 0.5) is 10.5 Å². The third-order valence-electron chi connectivity index (χ3n) is 4.07. The van der Waals surface area contributed by atoms with Gasteiger partial charge in [0, 0.05) is 35.9 Å². The summed E-state index contributed by atoms with van der Waals surface area (Å²) in [5.74, 6) is -0.862. The molecule has 6 nitrogen and oxygen atoms in total. The van der Waals surface area contributed by atoms with Gasteiger partial charge in [-0.15, -0.1) is 11.3 Å². The molecule has 0 bridgehead atoms. The highest BCUT2D eigenvalue weighted by atomic mass is 32.1. The maximum Gasteiger partial charge on any atom is 0.321 e. The first-order valence-electron chi connectivity index (χ1n) is 7.27. The number of urea groups is 1. The van der Waals surface area contributed by atoms with Gasteiger partial charge in [-0.25, -0.2) is 9.78 Å². The van der Waals surface area contributed by atoms with E-state index < -0.39 is 11.4 Å². The van der Waals surface area contributed by atoms with E-state index in [0.29, 0.717) is 18.7 Å². The second-order valence-electron chi connectivity index (χ2n) is 5.89. The highest BCUT2D eigenvalue weighted by molar-refractivity contribution is 7.13. The second kappa shape index (κ2) is 6.00. The Labute approximate surface area is 137 Å². The molecule has 0 saturated carbocycles. The zero-order chi connectivity index (χ0) is 16.4. The van der Waals surface area contributed by atoms with Gasteiger partial charge in [0.2, 0.25) is 0 Å². The highest BCUT2D eigenvalue weighted by Gasteiger charge is 2.42. The van der Waals surface area contributed by atoms with Crippen LogP contribution in [0.15, 0.2) is 35.8 Å². The van der Waals surface area contributed by atoms with E-state index in [-0.39, 0.29) is 12.6 Å². The number of nitrogens with one attached hydrogen (secondary N) is 1. The van der Waals surface area contributed by atoms with Crippen LogP contribution in [0.3, 0.4) is 0 Å². The van der Waals surface area contributed by atoms with Crippen molar-refractivity contribution in [2.75, 3.05) is 18.4 Å². The molecule has 1 saturated heterocycles. The first-order valence-corrected chi connectivity index (χ1v) is 8.15. The van der Waals surface area contributed by atoms with Gasteiger partial charge in [-0.2, -0.15) is 0 Å². The number of aliphatic carboxylic acids is 1. The molecule has 0 aliphatic carbocycles. The van der Waals surface area contributed by atoms with Crippen LogP contribution in [-0.2, 0) is 4.79 Å². The SMILES string of the molecule is CC1(C(=O)O)CCN(C(=O)Nc2cccc(-c3nccs3)c2)C1. The summed E-state index contributed by atoms with van der Waals surface area (Å²) in [5, 5.41) is 14.9. The Kier molecular flexibility index (Phi) is 4.04. The van der Waals surface area contributed by atoms with E-state index in [1.165, 1.54) is 11.3 Å². The lowest BCUT2D eigenvalue weighted by Gasteiger charge is -2.20. The molecule has 120 valence electrons. The van der Waals surface area contributed by atoms with Crippen LogP contribution in [0.2, 0.25) is 0 Å². The molecule has 1 aromatic carbocycles. The summed E-state index contributed by atoms with van der Waals surface area (Å²) in [6.07, 6.45) is 2.21. The van der Waals surface area contributed by atoms with Crippen LogP contribution in [-0.4, -0.2) is 40.1 Å². The van der Waals surface area contributed by atoms with E-state index in [9.17, 15) is 14.7 Å². The number of hydrogen-bond donors (Lipinski definition) is 2. The van der Waals surface area contributed by atoms with Crippen LogP contribution >= 0.6 is 11.3 Å². The van der Waals surface area contributed by atoms with Crippen LogP contribution < -0.4 is 5.32 Å². The van der Waals surface area contributed by atoms with Gasteiger partial charge in [-0.1, -0.05) is 12.1 Å². The third-order valence-corrected chi connectivity index (χ3v) is 4.89.